The lowest BCUT2D eigenvalue weighted by molar-refractivity contribution is -0.131. The molecule has 2 aromatic rings. The third kappa shape index (κ3) is 3.68. The van der Waals surface area contributed by atoms with Crippen LogP contribution in [0, 0.1) is 0 Å². The number of amides is 1. The van der Waals surface area contributed by atoms with Crippen molar-refractivity contribution in [3.8, 4) is 0 Å². The second-order valence-corrected chi connectivity index (χ2v) is 4.17. The molecule has 0 radical (unpaired) electrons. The van der Waals surface area contributed by atoms with Crippen LogP contribution in [-0.4, -0.2) is 31.6 Å². The Morgan fingerprint density at radius 3 is 2.74 bits per heavy atom. The van der Waals surface area contributed by atoms with Gasteiger partial charge in [-0.25, -0.2) is 4.79 Å². The van der Waals surface area contributed by atoms with Crippen molar-refractivity contribution in [2.45, 2.75) is 0 Å². The number of carbonyl (C=O) groups excluding carboxylic acids is 1. The standard InChI is InChI=1S/C11H8N4O3S/c16-10(17)4-2-7-1-3-8(12-5-7)11(18)14-9-6-13-15-19-9/h1-6H,(H,14,18)(H,16,17)/b4-2+. The molecular weight excluding hydrogens is 268 g/mol. The normalized spacial score (nSPS) is 10.5. The lowest BCUT2D eigenvalue weighted by Crippen LogP contribution is -2.12. The fourth-order valence-corrected chi connectivity index (χ4v) is 1.62. The van der Waals surface area contributed by atoms with Crippen LogP contribution in [0.3, 0.4) is 0 Å². The van der Waals surface area contributed by atoms with E-state index >= 15 is 0 Å². The molecule has 0 saturated heterocycles. The topological polar surface area (TPSA) is 105 Å². The van der Waals surface area contributed by atoms with Gasteiger partial charge < -0.3 is 10.4 Å². The monoisotopic (exact) mass is 276 g/mol. The van der Waals surface area contributed by atoms with E-state index in [0.29, 0.717) is 10.6 Å². The van der Waals surface area contributed by atoms with Crippen molar-refractivity contribution in [3.05, 3.63) is 41.9 Å². The number of hydrogen-bond donors (Lipinski definition) is 2. The highest BCUT2D eigenvalue weighted by atomic mass is 32.1. The maximum Gasteiger partial charge on any atom is 0.328 e. The average molecular weight is 276 g/mol. The molecule has 19 heavy (non-hydrogen) atoms. The minimum atomic E-state index is -1.04. The predicted octanol–water partition coefficient (Wildman–Crippen LogP) is 1.28. The van der Waals surface area contributed by atoms with Crippen LogP contribution >= 0.6 is 11.5 Å². The van der Waals surface area contributed by atoms with Crippen molar-refractivity contribution >= 4 is 34.5 Å². The number of anilines is 1. The maximum absolute atomic E-state index is 11.8. The van der Waals surface area contributed by atoms with Crippen LogP contribution in [0.5, 0.6) is 0 Å². The van der Waals surface area contributed by atoms with Crippen molar-refractivity contribution in [1.29, 1.82) is 0 Å². The quantitative estimate of drug-likeness (QED) is 0.815. The summed E-state index contributed by atoms with van der Waals surface area (Å²) in [6.07, 6.45) is 5.25. The third-order valence-electron chi connectivity index (χ3n) is 2.04. The van der Waals surface area contributed by atoms with Gasteiger partial charge in [-0.15, -0.1) is 5.10 Å². The van der Waals surface area contributed by atoms with Gasteiger partial charge in [0.05, 0.1) is 6.20 Å². The van der Waals surface area contributed by atoms with Gasteiger partial charge in [0, 0.05) is 23.8 Å². The second kappa shape index (κ2) is 5.83. The first kappa shape index (κ1) is 12.8. The van der Waals surface area contributed by atoms with Crippen LogP contribution in [0.15, 0.2) is 30.6 Å². The van der Waals surface area contributed by atoms with Crippen LogP contribution in [0.25, 0.3) is 6.08 Å². The molecule has 7 nitrogen and oxygen atoms in total. The van der Waals surface area contributed by atoms with Crippen LogP contribution in [0.1, 0.15) is 16.1 Å². The van der Waals surface area contributed by atoms with Crippen molar-refractivity contribution in [1.82, 2.24) is 14.6 Å². The molecule has 0 bridgehead atoms. The van der Waals surface area contributed by atoms with E-state index < -0.39 is 5.97 Å². The molecule has 0 spiro atoms. The van der Waals surface area contributed by atoms with Gasteiger partial charge in [0.25, 0.3) is 5.91 Å². The fourth-order valence-electron chi connectivity index (χ4n) is 1.20. The van der Waals surface area contributed by atoms with Crippen LogP contribution in [0.2, 0.25) is 0 Å². The van der Waals surface area contributed by atoms with E-state index in [2.05, 4.69) is 19.9 Å². The summed E-state index contributed by atoms with van der Waals surface area (Å²) in [6.45, 7) is 0. The molecule has 96 valence electrons. The number of rotatable bonds is 4. The molecule has 8 heteroatoms. The number of nitrogens with zero attached hydrogens (tertiary/aromatic N) is 3. The molecule has 2 heterocycles. The van der Waals surface area contributed by atoms with Gasteiger partial charge in [-0.05, 0) is 17.7 Å². The number of carboxylic acid groups (broad SMARTS) is 1. The summed E-state index contributed by atoms with van der Waals surface area (Å²) in [5, 5.41) is 15.2. The van der Waals surface area contributed by atoms with E-state index in [9.17, 15) is 9.59 Å². The Morgan fingerprint density at radius 2 is 2.16 bits per heavy atom. The van der Waals surface area contributed by atoms with E-state index in [1.807, 2.05) is 0 Å². The molecule has 2 aromatic heterocycles. The van der Waals surface area contributed by atoms with E-state index in [1.165, 1.54) is 24.5 Å². The molecule has 0 aliphatic heterocycles. The zero-order chi connectivity index (χ0) is 13.7. The van der Waals surface area contributed by atoms with Gasteiger partial charge >= 0.3 is 5.97 Å². The van der Waals surface area contributed by atoms with Crippen molar-refractivity contribution < 1.29 is 14.7 Å². The molecule has 2 rings (SSSR count). The van der Waals surface area contributed by atoms with Crippen LogP contribution < -0.4 is 5.32 Å². The number of aromatic nitrogens is 3. The van der Waals surface area contributed by atoms with Gasteiger partial charge in [0.15, 0.2) is 0 Å². The largest absolute Gasteiger partial charge is 0.478 e. The minimum Gasteiger partial charge on any atom is -0.478 e. The number of carbonyl (C=O) groups is 2. The summed E-state index contributed by atoms with van der Waals surface area (Å²) in [5.74, 6) is -1.42. The Labute approximate surface area is 111 Å². The highest BCUT2D eigenvalue weighted by molar-refractivity contribution is 7.10. The minimum absolute atomic E-state index is 0.223. The first-order valence-corrected chi connectivity index (χ1v) is 5.88. The smallest absolute Gasteiger partial charge is 0.328 e. The first-order chi connectivity index (χ1) is 9.15. The molecule has 1 amide bonds. The zero-order valence-corrected chi connectivity index (χ0v) is 10.3. The Balaban J connectivity index is 2.05. The highest BCUT2D eigenvalue weighted by Gasteiger charge is 2.08. The lowest BCUT2D eigenvalue weighted by Gasteiger charge is -2.00. The Bertz CT molecular complexity index is 607. The van der Waals surface area contributed by atoms with Gasteiger partial charge in [-0.1, -0.05) is 10.6 Å². The Kier molecular flexibility index (Phi) is 3.94. The molecule has 0 atom stereocenters. The van der Waals surface area contributed by atoms with Gasteiger partial charge in [-0.2, -0.15) is 0 Å². The Hall–Kier alpha value is -2.61. The van der Waals surface area contributed by atoms with E-state index in [-0.39, 0.29) is 11.6 Å². The number of carboxylic acids is 1. The number of nitrogens with one attached hydrogen (secondary N) is 1. The highest BCUT2D eigenvalue weighted by Crippen LogP contribution is 2.11. The molecule has 2 N–H and O–H groups in total. The Morgan fingerprint density at radius 1 is 1.32 bits per heavy atom. The molecule has 0 fully saturated rings. The molecule has 0 aliphatic rings. The van der Waals surface area contributed by atoms with E-state index in [4.69, 9.17) is 5.11 Å². The van der Waals surface area contributed by atoms with Crippen LogP contribution in [0.4, 0.5) is 5.00 Å². The maximum atomic E-state index is 11.8. The predicted molar refractivity (Wildman–Crippen MR) is 68.8 cm³/mol. The number of pyridine rings is 1. The summed E-state index contributed by atoms with van der Waals surface area (Å²) < 4.78 is 3.62. The third-order valence-corrected chi connectivity index (χ3v) is 2.62. The van der Waals surface area contributed by atoms with E-state index in [0.717, 1.165) is 17.6 Å². The molecule has 0 aliphatic carbocycles. The first-order valence-electron chi connectivity index (χ1n) is 5.11. The number of hydrogen-bond acceptors (Lipinski definition) is 6. The molecule has 0 saturated carbocycles. The van der Waals surface area contributed by atoms with Crippen molar-refractivity contribution in [2.75, 3.05) is 5.32 Å². The summed E-state index contributed by atoms with van der Waals surface area (Å²) in [6, 6.07) is 3.11. The second-order valence-electron chi connectivity index (χ2n) is 3.38. The summed E-state index contributed by atoms with van der Waals surface area (Å²) >= 11 is 1.06. The summed E-state index contributed by atoms with van der Waals surface area (Å²) in [5.41, 5.74) is 0.819. The summed E-state index contributed by atoms with van der Waals surface area (Å²) in [4.78, 5) is 26.0. The van der Waals surface area contributed by atoms with Gasteiger partial charge in [0.2, 0.25) is 0 Å². The van der Waals surface area contributed by atoms with Crippen LogP contribution in [-0.2, 0) is 4.79 Å². The fraction of sp³-hybridized carbons (Fsp3) is 0. The van der Waals surface area contributed by atoms with Gasteiger partial charge in [-0.3, -0.25) is 9.78 Å². The molecular formula is C11H8N4O3S. The molecule has 0 unspecified atom stereocenters. The SMILES string of the molecule is O=C(O)/C=C/c1ccc(C(=O)Nc2cnns2)nc1. The lowest BCUT2D eigenvalue weighted by atomic mass is 10.2. The van der Waals surface area contributed by atoms with Gasteiger partial charge in [0.1, 0.15) is 10.7 Å². The number of aliphatic carboxylic acids is 1. The van der Waals surface area contributed by atoms with Crippen molar-refractivity contribution in [3.63, 3.8) is 0 Å². The molecule has 0 aromatic carbocycles. The zero-order valence-electron chi connectivity index (χ0n) is 9.48. The summed E-state index contributed by atoms with van der Waals surface area (Å²) in [7, 11) is 0. The average Bonchev–Trinajstić information content (AvgIpc) is 2.89. The van der Waals surface area contributed by atoms with E-state index in [1.54, 1.807) is 6.07 Å². The van der Waals surface area contributed by atoms with Crippen molar-refractivity contribution in [2.24, 2.45) is 0 Å².